The van der Waals surface area contributed by atoms with Crippen molar-refractivity contribution in [1.82, 2.24) is 9.88 Å². The van der Waals surface area contributed by atoms with Gasteiger partial charge in [-0.05, 0) is 25.3 Å². The topological polar surface area (TPSA) is 80.1 Å². The molecule has 0 spiro atoms. The fourth-order valence-corrected chi connectivity index (χ4v) is 3.79. The van der Waals surface area contributed by atoms with Crippen molar-refractivity contribution in [3.8, 4) is 0 Å². The fraction of sp³-hybridized carbons (Fsp3) is 0.706. The number of likely N-dealkylation sites (tertiary alicyclic amines) is 1. The minimum absolute atomic E-state index is 0.196. The Bertz CT molecular complexity index is 631. The third-order valence-corrected chi connectivity index (χ3v) is 5.43. The second-order valence-corrected chi connectivity index (χ2v) is 7.27. The smallest absolute Gasteiger partial charge is 0.389 e. The number of anilines is 1. The number of β-amino-alcohol motifs (C(OH)–C–C–N with tert-alkyl or cyclic N) is 1. The van der Waals surface area contributed by atoms with Crippen molar-refractivity contribution in [1.29, 1.82) is 0 Å². The number of rotatable bonds is 3. The average Bonchev–Trinajstić information content (AvgIpc) is 3.06. The van der Waals surface area contributed by atoms with Crippen LogP contribution in [0.4, 0.5) is 18.9 Å². The molecule has 2 aliphatic rings. The van der Waals surface area contributed by atoms with Gasteiger partial charge in [-0.3, -0.25) is 9.88 Å². The van der Waals surface area contributed by atoms with Gasteiger partial charge in [0.15, 0.2) is 0 Å². The van der Waals surface area contributed by atoms with E-state index in [1.54, 1.807) is 6.92 Å². The maximum Gasteiger partial charge on any atom is 0.417 e. The molecule has 0 aromatic carbocycles. The SMILES string of the molecule is C[C@@H]1[C@@H](O)[C@H](O)[C@@H](O)CN1C[C@H]1CCN(c2cncc(C(F)(F)F)c2)C1. The van der Waals surface area contributed by atoms with E-state index in [1.807, 2.05) is 9.80 Å². The van der Waals surface area contributed by atoms with Crippen LogP contribution in [0.25, 0.3) is 0 Å². The Labute approximate surface area is 149 Å². The third-order valence-electron chi connectivity index (χ3n) is 5.43. The number of aliphatic hydroxyl groups is 3. The molecule has 3 rings (SSSR count). The minimum atomic E-state index is -4.42. The van der Waals surface area contributed by atoms with E-state index in [-0.39, 0.29) is 18.5 Å². The van der Waals surface area contributed by atoms with E-state index in [2.05, 4.69) is 4.98 Å². The summed E-state index contributed by atoms with van der Waals surface area (Å²) in [4.78, 5) is 7.52. The first-order valence-corrected chi connectivity index (χ1v) is 8.72. The predicted octanol–water partition coefficient (Wildman–Crippen LogP) is 0.714. The molecule has 2 fully saturated rings. The first-order chi connectivity index (χ1) is 12.2. The molecule has 0 unspecified atom stereocenters. The molecule has 0 saturated carbocycles. The lowest BCUT2D eigenvalue weighted by Crippen LogP contribution is -2.60. The van der Waals surface area contributed by atoms with Gasteiger partial charge in [0.25, 0.3) is 0 Å². The molecule has 2 saturated heterocycles. The molecule has 146 valence electrons. The number of aromatic nitrogens is 1. The summed E-state index contributed by atoms with van der Waals surface area (Å²) in [5.41, 5.74) is -0.312. The van der Waals surface area contributed by atoms with Gasteiger partial charge in [-0.2, -0.15) is 13.2 Å². The van der Waals surface area contributed by atoms with Gasteiger partial charge in [0, 0.05) is 38.4 Å². The Morgan fingerprint density at radius 2 is 1.88 bits per heavy atom. The van der Waals surface area contributed by atoms with E-state index >= 15 is 0 Å². The summed E-state index contributed by atoms with van der Waals surface area (Å²) in [6, 6.07) is 0.820. The number of nitrogens with zero attached hydrogens (tertiary/aromatic N) is 3. The summed E-state index contributed by atoms with van der Waals surface area (Å²) >= 11 is 0. The number of alkyl halides is 3. The van der Waals surface area contributed by atoms with Gasteiger partial charge in [-0.15, -0.1) is 0 Å². The molecule has 3 heterocycles. The van der Waals surface area contributed by atoms with Crippen molar-refractivity contribution < 1.29 is 28.5 Å². The molecule has 1 aromatic rings. The molecular formula is C17H24F3N3O3. The van der Waals surface area contributed by atoms with Crippen LogP contribution < -0.4 is 4.90 Å². The van der Waals surface area contributed by atoms with Gasteiger partial charge in [-0.25, -0.2) is 0 Å². The highest BCUT2D eigenvalue weighted by molar-refractivity contribution is 5.47. The van der Waals surface area contributed by atoms with E-state index in [1.165, 1.54) is 6.20 Å². The molecule has 9 heteroatoms. The van der Waals surface area contributed by atoms with Gasteiger partial charge in [-0.1, -0.05) is 0 Å². The molecule has 1 aromatic heterocycles. The van der Waals surface area contributed by atoms with Gasteiger partial charge in [0.2, 0.25) is 0 Å². The van der Waals surface area contributed by atoms with Crippen LogP contribution in [0.5, 0.6) is 0 Å². The third kappa shape index (κ3) is 3.95. The van der Waals surface area contributed by atoms with Crippen LogP contribution >= 0.6 is 0 Å². The summed E-state index contributed by atoms with van der Waals surface area (Å²) in [6.07, 6.45) is -4.55. The highest BCUT2D eigenvalue weighted by Gasteiger charge is 2.40. The van der Waals surface area contributed by atoms with Crippen molar-refractivity contribution in [2.24, 2.45) is 5.92 Å². The Morgan fingerprint density at radius 3 is 2.58 bits per heavy atom. The number of pyridine rings is 1. The zero-order valence-electron chi connectivity index (χ0n) is 14.5. The van der Waals surface area contributed by atoms with Crippen LogP contribution in [0.2, 0.25) is 0 Å². The van der Waals surface area contributed by atoms with Crippen LogP contribution in [0, 0.1) is 5.92 Å². The molecule has 26 heavy (non-hydrogen) atoms. The molecule has 0 amide bonds. The number of aliphatic hydroxyl groups excluding tert-OH is 3. The zero-order valence-corrected chi connectivity index (χ0v) is 14.5. The minimum Gasteiger partial charge on any atom is -0.389 e. The number of hydrogen-bond acceptors (Lipinski definition) is 6. The monoisotopic (exact) mass is 375 g/mol. The predicted molar refractivity (Wildman–Crippen MR) is 88.6 cm³/mol. The highest BCUT2D eigenvalue weighted by Crippen LogP contribution is 2.32. The second-order valence-electron chi connectivity index (χ2n) is 7.27. The number of hydrogen-bond donors (Lipinski definition) is 3. The molecule has 0 radical (unpaired) electrons. The number of halogens is 3. The Hall–Kier alpha value is -1.42. The van der Waals surface area contributed by atoms with Crippen LogP contribution in [0.3, 0.4) is 0 Å². The van der Waals surface area contributed by atoms with E-state index in [0.717, 1.165) is 18.7 Å². The van der Waals surface area contributed by atoms with Crippen molar-refractivity contribution in [3.05, 3.63) is 24.0 Å². The normalized spacial score (nSPS) is 33.7. The van der Waals surface area contributed by atoms with E-state index in [4.69, 9.17) is 0 Å². The quantitative estimate of drug-likeness (QED) is 0.722. The molecule has 6 nitrogen and oxygen atoms in total. The number of piperidine rings is 1. The first-order valence-electron chi connectivity index (χ1n) is 8.72. The average molecular weight is 375 g/mol. The summed E-state index contributed by atoms with van der Waals surface area (Å²) in [7, 11) is 0. The van der Waals surface area contributed by atoms with Crippen LogP contribution in [0.15, 0.2) is 18.5 Å². The standard InChI is InChI=1S/C17H24F3N3O3/c1-10-15(25)16(26)14(24)9-23(10)8-11-2-3-22(7-11)13-4-12(5-21-6-13)17(18,19)20/h4-6,10-11,14-16,24-26H,2-3,7-9H2,1H3/t10-,11+,14+,15-,16-/m1/s1. The summed E-state index contributed by atoms with van der Waals surface area (Å²) < 4.78 is 38.6. The molecule has 3 N–H and O–H groups in total. The molecular weight excluding hydrogens is 351 g/mol. The zero-order chi connectivity index (χ0) is 19.1. The highest BCUT2D eigenvalue weighted by atomic mass is 19.4. The lowest BCUT2D eigenvalue weighted by Gasteiger charge is -2.43. The lowest BCUT2D eigenvalue weighted by molar-refractivity contribution is -0.137. The van der Waals surface area contributed by atoms with Crippen molar-refractivity contribution >= 4 is 5.69 Å². The Balaban J connectivity index is 1.63. The first kappa shape index (κ1) is 19.3. The summed E-state index contributed by atoms with van der Waals surface area (Å²) in [5.74, 6) is 0.196. The van der Waals surface area contributed by atoms with Crippen molar-refractivity contribution in [2.45, 2.75) is 43.9 Å². The van der Waals surface area contributed by atoms with Crippen molar-refractivity contribution in [3.63, 3.8) is 0 Å². The van der Waals surface area contributed by atoms with Gasteiger partial charge in [0.05, 0.1) is 29.7 Å². The van der Waals surface area contributed by atoms with Gasteiger partial charge < -0.3 is 20.2 Å². The molecule has 0 aliphatic carbocycles. The van der Waals surface area contributed by atoms with E-state index in [9.17, 15) is 28.5 Å². The van der Waals surface area contributed by atoms with E-state index in [0.29, 0.717) is 25.3 Å². The van der Waals surface area contributed by atoms with Gasteiger partial charge >= 0.3 is 6.18 Å². The maximum atomic E-state index is 12.9. The molecule has 2 aliphatic heterocycles. The van der Waals surface area contributed by atoms with Crippen molar-refractivity contribution in [2.75, 3.05) is 31.1 Å². The fourth-order valence-electron chi connectivity index (χ4n) is 3.79. The van der Waals surface area contributed by atoms with Crippen LogP contribution in [-0.2, 0) is 6.18 Å². The maximum absolute atomic E-state index is 12.9. The van der Waals surface area contributed by atoms with Crippen LogP contribution in [-0.4, -0.2) is 75.7 Å². The lowest BCUT2D eigenvalue weighted by atomic mass is 9.93. The molecule has 5 atom stereocenters. The summed E-state index contributed by atoms with van der Waals surface area (Å²) in [5, 5.41) is 29.6. The Kier molecular flexibility index (Phi) is 5.43. The second kappa shape index (κ2) is 7.30. The van der Waals surface area contributed by atoms with Gasteiger partial charge in [0.1, 0.15) is 6.10 Å². The largest absolute Gasteiger partial charge is 0.417 e. The molecule has 0 bridgehead atoms. The van der Waals surface area contributed by atoms with E-state index < -0.39 is 30.1 Å². The Morgan fingerprint density at radius 1 is 1.15 bits per heavy atom. The van der Waals surface area contributed by atoms with Crippen LogP contribution in [0.1, 0.15) is 18.9 Å². The summed E-state index contributed by atoms with van der Waals surface area (Å²) in [6.45, 7) is 3.87.